The normalized spacial score (nSPS) is 16.4. The second-order valence-electron chi connectivity index (χ2n) is 7.47. The predicted octanol–water partition coefficient (Wildman–Crippen LogP) is 2.66. The highest BCUT2D eigenvalue weighted by Gasteiger charge is 2.37. The minimum absolute atomic E-state index is 0.0470. The van der Waals surface area contributed by atoms with Crippen LogP contribution in [0.15, 0.2) is 36.9 Å². The molecule has 0 aliphatic carbocycles. The van der Waals surface area contributed by atoms with Gasteiger partial charge in [0.1, 0.15) is 0 Å². The van der Waals surface area contributed by atoms with Crippen molar-refractivity contribution in [2.24, 2.45) is 0 Å². The molecule has 1 heterocycles. The Bertz CT molecular complexity index is 661. The number of hydrogen-bond acceptors (Lipinski definition) is 3. The standard InChI is InChI=1S/C21H30N2O3/c1-5-19(24)22-12-10-21(26,11-13-22)14-20(25)23(16(2)3)15-18-9-7-6-8-17(18)4/h5-9,16,26H,1,10-15H2,2-4H3. The molecule has 5 nitrogen and oxygen atoms in total. The van der Waals surface area contributed by atoms with Crippen molar-refractivity contribution in [1.82, 2.24) is 9.80 Å². The van der Waals surface area contributed by atoms with Crippen molar-refractivity contribution in [3.8, 4) is 0 Å². The largest absolute Gasteiger partial charge is 0.389 e. The quantitative estimate of drug-likeness (QED) is 0.796. The van der Waals surface area contributed by atoms with Gasteiger partial charge >= 0.3 is 0 Å². The minimum atomic E-state index is -1.05. The van der Waals surface area contributed by atoms with Crippen LogP contribution in [0, 0.1) is 6.92 Å². The van der Waals surface area contributed by atoms with Gasteiger partial charge in [0.2, 0.25) is 11.8 Å². The second kappa shape index (κ2) is 8.49. The van der Waals surface area contributed by atoms with Crippen LogP contribution in [0.25, 0.3) is 0 Å². The SMILES string of the molecule is C=CC(=O)N1CCC(O)(CC(=O)N(Cc2ccccc2C)C(C)C)CC1. The Morgan fingerprint density at radius 1 is 1.31 bits per heavy atom. The van der Waals surface area contributed by atoms with Crippen molar-refractivity contribution < 1.29 is 14.7 Å². The highest BCUT2D eigenvalue weighted by atomic mass is 16.3. The van der Waals surface area contributed by atoms with E-state index >= 15 is 0 Å². The molecule has 26 heavy (non-hydrogen) atoms. The summed E-state index contributed by atoms with van der Waals surface area (Å²) in [5, 5.41) is 10.9. The molecule has 0 spiro atoms. The van der Waals surface area contributed by atoms with Gasteiger partial charge in [-0.25, -0.2) is 0 Å². The fourth-order valence-electron chi connectivity index (χ4n) is 3.36. The lowest BCUT2D eigenvalue weighted by molar-refractivity contribution is -0.142. The van der Waals surface area contributed by atoms with Crippen LogP contribution in [0.2, 0.25) is 0 Å². The molecule has 1 saturated heterocycles. The number of carbonyl (C=O) groups excluding carboxylic acids is 2. The molecular weight excluding hydrogens is 328 g/mol. The lowest BCUT2D eigenvalue weighted by Crippen LogP contribution is -2.49. The van der Waals surface area contributed by atoms with Crippen LogP contribution in [0.5, 0.6) is 0 Å². The summed E-state index contributed by atoms with van der Waals surface area (Å²) >= 11 is 0. The second-order valence-corrected chi connectivity index (χ2v) is 7.47. The molecular formula is C21H30N2O3. The van der Waals surface area contributed by atoms with E-state index in [1.54, 1.807) is 4.90 Å². The fourth-order valence-corrected chi connectivity index (χ4v) is 3.36. The Morgan fingerprint density at radius 3 is 2.46 bits per heavy atom. The first kappa shape index (κ1) is 20.2. The number of benzene rings is 1. The van der Waals surface area contributed by atoms with E-state index in [1.165, 1.54) is 6.08 Å². The minimum Gasteiger partial charge on any atom is -0.389 e. The number of carbonyl (C=O) groups is 2. The molecule has 0 saturated carbocycles. The van der Waals surface area contributed by atoms with Crippen molar-refractivity contribution in [1.29, 1.82) is 0 Å². The van der Waals surface area contributed by atoms with Gasteiger partial charge in [0.05, 0.1) is 12.0 Å². The van der Waals surface area contributed by atoms with Gasteiger partial charge in [-0.3, -0.25) is 9.59 Å². The molecule has 0 aromatic heterocycles. The van der Waals surface area contributed by atoms with Crippen molar-refractivity contribution in [2.45, 2.75) is 58.2 Å². The third-order valence-corrected chi connectivity index (χ3v) is 5.21. The fraction of sp³-hybridized carbons (Fsp3) is 0.524. The van der Waals surface area contributed by atoms with Crippen LogP contribution in [0.4, 0.5) is 0 Å². The van der Waals surface area contributed by atoms with Crippen LogP contribution < -0.4 is 0 Å². The third-order valence-electron chi connectivity index (χ3n) is 5.21. The third kappa shape index (κ3) is 4.94. The average Bonchev–Trinajstić information content (AvgIpc) is 2.60. The summed E-state index contributed by atoms with van der Waals surface area (Å²) < 4.78 is 0. The van der Waals surface area contributed by atoms with Crippen molar-refractivity contribution in [3.63, 3.8) is 0 Å². The van der Waals surface area contributed by atoms with Gasteiger partial charge in [-0.05, 0) is 50.8 Å². The maximum absolute atomic E-state index is 12.9. The summed E-state index contributed by atoms with van der Waals surface area (Å²) in [4.78, 5) is 28.1. The molecule has 1 aromatic rings. The van der Waals surface area contributed by atoms with Gasteiger partial charge in [0, 0.05) is 25.7 Å². The van der Waals surface area contributed by atoms with Crippen LogP contribution in [-0.2, 0) is 16.1 Å². The number of nitrogens with zero attached hydrogens (tertiary/aromatic N) is 2. The Kier molecular flexibility index (Phi) is 6.59. The molecule has 0 radical (unpaired) electrons. The van der Waals surface area contributed by atoms with Gasteiger partial charge in [-0.15, -0.1) is 0 Å². The highest BCUT2D eigenvalue weighted by molar-refractivity contribution is 5.87. The topological polar surface area (TPSA) is 60.9 Å². The van der Waals surface area contributed by atoms with E-state index in [9.17, 15) is 14.7 Å². The number of hydrogen-bond donors (Lipinski definition) is 1. The van der Waals surface area contributed by atoms with E-state index in [1.807, 2.05) is 49.9 Å². The highest BCUT2D eigenvalue weighted by Crippen LogP contribution is 2.27. The number of piperidine rings is 1. The summed E-state index contributed by atoms with van der Waals surface area (Å²) in [6, 6.07) is 8.09. The van der Waals surface area contributed by atoms with Crippen molar-refractivity contribution in [3.05, 3.63) is 48.0 Å². The number of aryl methyl sites for hydroxylation is 1. The Morgan fingerprint density at radius 2 is 1.92 bits per heavy atom. The van der Waals surface area contributed by atoms with E-state index in [0.717, 1.165) is 11.1 Å². The van der Waals surface area contributed by atoms with Crippen LogP contribution in [-0.4, -0.2) is 51.5 Å². The maximum Gasteiger partial charge on any atom is 0.245 e. The number of likely N-dealkylation sites (tertiary alicyclic amines) is 1. The summed E-state index contributed by atoms with van der Waals surface area (Å²) in [5.41, 5.74) is 1.22. The zero-order valence-corrected chi connectivity index (χ0v) is 16.1. The predicted molar refractivity (Wildman–Crippen MR) is 102 cm³/mol. The van der Waals surface area contributed by atoms with Gasteiger partial charge in [-0.1, -0.05) is 30.8 Å². The van der Waals surface area contributed by atoms with E-state index in [-0.39, 0.29) is 24.3 Å². The van der Waals surface area contributed by atoms with E-state index in [2.05, 4.69) is 6.58 Å². The number of aliphatic hydroxyl groups is 1. The molecule has 1 aromatic carbocycles. The van der Waals surface area contributed by atoms with Crippen molar-refractivity contribution >= 4 is 11.8 Å². The van der Waals surface area contributed by atoms with Crippen molar-refractivity contribution in [2.75, 3.05) is 13.1 Å². The monoisotopic (exact) mass is 358 g/mol. The molecule has 1 aliphatic heterocycles. The summed E-state index contributed by atoms with van der Waals surface area (Å²) in [6.07, 6.45) is 2.20. The smallest absolute Gasteiger partial charge is 0.245 e. The van der Waals surface area contributed by atoms with Gasteiger partial charge in [-0.2, -0.15) is 0 Å². The van der Waals surface area contributed by atoms with E-state index in [0.29, 0.717) is 32.5 Å². The Balaban J connectivity index is 2.02. The van der Waals surface area contributed by atoms with E-state index in [4.69, 9.17) is 0 Å². The van der Waals surface area contributed by atoms with E-state index < -0.39 is 5.60 Å². The van der Waals surface area contributed by atoms with Gasteiger partial charge < -0.3 is 14.9 Å². The Hall–Kier alpha value is -2.14. The van der Waals surface area contributed by atoms with Gasteiger partial charge in [0.15, 0.2) is 0 Å². The molecule has 0 bridgehead atoms. The zero-order valence-electron chi connectivity index (χ0n) is 16.1. The molecule has 1 fully saturated rings. The lowest BCUT2D eigenvalue weighted by atomic mass is 9.87. The van der Waals surface area contributed by atoms with Crippen LogP contribution in [0.3, 0.4) is 0 Å². The summed E-state index contributed by atoms with van der Waals surface area (Å²) in [7, 11) is 0. The van der Waals surface area contributed by atoms with Crippen LogP contribution in [0.1, 0.15) is 44.2 Å². The zero-order chi connectivity index (χ0) is 19.3. The molecule has 1 N–H and O–H groups in total. The molecule has 0 atom stereocenters. The average molecular weight is 358 g/mol. The summed E-state index contributed by atoms with van der Waals surface area (Å²) in [6.45, 7) is 11.0. The molecule has 5 heteroatoms. The number of amides is 2. The molecule has 1 aliphatic rings. The molecule has 2 rings (SSSR count). The molecule has 0 unspecified atom stereocenters. The first-order valence-corrected chi connectivity index (χ1v) is 9.23. The molecule has 2 amide bonds. The summed E-state index contributed by atoms with van der Waals surface area (Å²) in [5.74, 6) is -0.170. The maximum atomic E-state index is 12.9. The Labute approximate surface area is 156 Å². The van der Waals surface area contributed by atoms with Gasteiger partial charge in [0.25, 0.3) is 0 Å². The van der Waals surface area contributed by atoms with Crippen LogP contribution >= 0.6 is 0 Å². The molecule has 142 valence electrons. The first-order chi connectivity index (χ1) is 12.3. The lowest BCUT2D eigenvalue weighted by Gasteiger charge is -2.39. The number of rotatable bonds is 6. The first-order valence-electron chi connectivity index (χ1n) is 9.23.